The summed E-state index contributed by atoms with van der Waals surface area (Å²) in [5, 5.41) is 11.8. The molecule has 0 bridgehead atoms. The van der Waals surface area contributed by atoms with E-state index in [0.717, 1.165) is 19.4 Å². The highest BCUT2D eigenvalue weighted by atomic mass is 16.5. The number of unbranched alkanes of at least 4 members (excludes halogenated alkanes) is 1. The zero-order valence-electron chi connectivity index (χ0n) is 9.83. The maximum Gasteiger partial charge on any atom is 0.306 e. The number of hydrogen-bond donors (Lipinski definition) is 2. The fourth-order valence-electron chi connectivity index (χ4n) is 1.62. The molecule has 0 aromatic rings. The van der Waals surface area contributed by atoms with E-state index in [0.29, 0.717) is 26.3 Å². The van der Waals surface area contributed by atoms with E-state index in [1.165, 1.54) is 0 Å². The third kappa shape index (κ3) is 4.47. The zero-order chi connectivity index (χ0) is 11.9. The Balaban J connectivity index is 2.07. The van der Waals surface area contributed by atoms with Gasteiger partial charge in [-0.2, -0.15) is 0 Å². The smallest absolute Gasteiger partial charge is 0.306 e. The van der Waals surface area contributed by atoms with Gasteiger partial charge < -0.3 is 19.9 Å². The molecular weight excluding hydrogens is 210 g/mol. The molecule has 0 aromatic carbocycles. The van der Waals surface area contributed by atoms with Crippen LogP contribution in [0.4, 0.5) is 0 Å². The minimum atomic E-state index is -0.812. The molecule has 0 saturated carbocycles. The second-order valence-electron chi connectivity index (χ2n) is 4.17. The SMILES string of the molecule is CCCCOCCOC1(CC(=O)O)CNC1. The van der Waals surface area contributed by atoms with Gasteiger partial charge in [0.2, 0.25) is 0 Å². The molecule has 2 N–H and O–H groups in total. The Morgan fingerprint density at radius 1 is 1.38 bits per heavy atom. The molecule has 1 fully saturated rings. The molecule has 1 aliphatic rings. The predicted molar refractivity (Wildman–Crippen MR) is 59.5 cm³/mol. The third-order valence-corrected chi connectivity index (χ3v) is 2.65. The topological polar surface area (TPSA) is 67.8 Å². The van der Waals surface area contributed by atoms with Gasteiger partial charge >= 0.3 is 5.97 Å². The van der Waals surface area contributed by atoms with Crippen LogP contribution in [0.1, 0.15) is 26.2 Å². The first-order valence-corrected chi connectivity index (χ1v) is 5.83. The standard InChI is InChI=1S/C11H21NO4/c1-2-3-4-15-5-6-16-11(7-10(13)14)8-12-9-11/h12H,2-9H2,1H3,(H,13,14). The van der Waals surface area contributed by atoms with Crippen molar-refractivity contribution in [3.8, 4) is 0 Å². The summed E-state index contributed by atoms with van der Waals surface area (Å²) in [4.78, 5) is 10.6. The first kappa shape index (κ1) is 13.4. The number of carboxylic acids is 1. The van der Waals surface area contributed by atoms with Crippen molar-refractivity contribution in [1.29, 1.82) is 0 Å². The highest BCUT2D eigenvalue weighted by Gasteiger charge is 2.40. The molecule has 0 radical (unpaired) electrons. The molecule has 0 amide bonds. The van der Waals surface area contributed by atoms with Gasteiger partial charge in [-0.05, 0) is 6.42 Å². The number of hydrogen-bond acceptors (Lipinski definition) is 4. The molecule has 1 saturated heterocycles. The summed E-state index contributed by atoms with van der Waals surface area (Å²) in [5.74, 6) is -0.812. The summed E-state index contributed by atoms with van der Waals surface area (Å²) in [6, 6.07) is 0. The van der Waals surface area contributed by atoms with Crippen molar-refractivity contribution >= 4 is 5.97 Å². The summed E-state index contributed by atoms with van der Waals surface area (Å²) < 4.78 is 10.9. The normalized spacial score (nSPS) is 18.1. The Bertz CT molecular complexity index is 216. The summed E-state index contributed by atoms with van der Waals surface area (Å²) >= 11 is 0. The van der Waals surface area contributed by atoms with Gasteiger partial charge in [-0.25, -0.2) is 0 Å². The van der Waals surface area contributed by atoms with Crippen LogP contribution in [0.15, 0.2) is 0 Å². The minimum absolute atomic E-state index is 0.0644. The molecule has 1 heterocycles. The highest BCUT2D eigenvalue weighted by molar-refractivity contribution is 5.68. The van der Waals surface area contributed by atoms with Crippen LogP contribution >= 0.6 is 0 Å². The van der Waals surface area contributed by atoms with Crippen LogP contribution in [0.2, 0.25) is 0 Å². The van der Waals surface area contributed by atoms with Crippen molar-refractivity contribution in [3.63, 3.8) is 0 Å². The van der Waals surface area contributed by atoms with E-state index in [9.17, 15) is 4.79 Å². The Labute approximate surface area is 96.1 Å². The summed E-state index contributed by atoms with van der Waals surface area (Å²) in [6.07, 6.45) is 2.24. The molecule has 1 aliphatic heterocycles. The van der Waals surface area contributed by atoms with Crippen molar-refractivity contribution in [1.82, 2.24) is 5.32 Å². The third-order valence-electron chi connectivity index (χ3n) is 2.65. The van der Waals surface area contributed by atoms with E-state index in [1.54, 1.807) is 0 Å². The van der Waals surface area contributed by atoms with Crippen molar-refractivity contribution < 1.29 is 19.4 Å². The molecule has 1 rings (SSSR count). The lowest BCUT2D eigenvalue weighted by Crippen LogP contribution is -2.62. The van der Waals surface area contributed by atoms with Crippen molar-refractivity contribution in [3.05, 3.63) is 0 Å². The average Bonchev–Trinajstić information content (AvgIpc) is 2.18. The maximum absolute atomic E-state index is 10.6. The summed E-state index contributed by atoms with van der Waals surface area (Å²) in [5.41, 5.74) is -0.500. The van der Waals surface area contributed by atoms with Gasteiger partial charge in [0.1, 0.15) is 5.60 Å². The van der Waals surface area contributed by atoms with Crippen LogP contribution in [0.25, 0.3) is 0 Å². The van der Waals surface area contributed by atoms with E-state index in [-0.39, 0.29) is 6.42 Å². The first-order valence-electron chi connectivity index (χ1n) is 5.83. The highest BCUT2D eigenvalue weighted by Crippen LogP contribution is 2.20. The molecule has 16 heavy (non-hydrogen) atoms. The maximum atomic E-state index is 10.6. The van der Waals surface area contributed by atoms with Gasteiger partial charge in [0.05, 0.1) is 19.6 Å². The Hall–Kier alpha value is -0.650. The second kappa shape index (κ2) is 6.83. The molecule has 5 heteroatoms. The van der Waals surface area contributed by atoms with Gasteiger partial charge in [0, 0.05) is 19.7 Å². The minimum Gasteiger partial charge on any atom is -0.481 e. The Morgan fingerprint density at radius 2 is 2.12 bits per heavy atom. The molecule has 0 aromatic heterocycles. The molecule has 0 aliphatic carbocycles. The van der Waals surface area contributed by atoms with Crippen LogP contribution < -0.4 is 5.32 Å². The lowest BCUT2D eigenvalue weighted by molar-refractivity contribution is -0.152. The van der Waals surface area contributed by atoms with E-state index in [4.69, 9.17) is 14.6 Å². The van der Waals surface area contributed by atoms with Gasteiger partial charge in [0.25, 0.3) is 0 Å². The van der Waals surface area contributed by atoms with Gasteiger partial charge in [-0.3, -0.25) is 4.79 Å². The van der Waals surface area contributed by atoms with Crippen molar-refractivity contribution in [2.45, 2.75) is 31.8 Å². The molecule has 94 valence electrons. The lowest BCUT2D eigenvalue weighted by Gasteiger charge is -2.41. The number of aliphatic carboxylic acids is 1. The largest absolute Gasteiger partial charge is 0.481 e. The fraction of sp³-hybridized carbons (Fsp3) is 0.909. The first-order chi connectivity index (χ1) is 7.68. The predicted octanol–water partition coefficient (Wildman–Crippen LogP) is 0.636. The zero-order valence-corrected chi connectivity index (χ0v) is 9.83. The van der Waals surface area contributed by atoms with Crippen LogP contribution in [0.5, 0.6) is 0 Å². The van der Waals surface area contributed by atoms with Gasteiger partial charge in [-0.15, -0.1) is 0 Å². The van der Waals surface area contributed by atoms with Crippen LogP contribution in [0.3, 0.4) is 0 Å². The number of rotatable bonds is 9. The van der Waals surface area contributed by atoms with E-state index in [1.807, 2.05) is 0 Å². The van der Waals surface area contributed by atoms with E-state index >= 15 is 0 Å². The molecule has 0 spiro atoms. The Kier molecular flexibility index (Phi) is 5.73. The number of ether oxygens (including phenoxy) is 2. The average molecular weight is 231 g/mol. The van der Waals surface area contributed by atoms with Crippen molar-refractivity contribution in [2.75, 3.05) is 32.9 Å². The number of carboxylic acid groups (broad SMARTS) is 1. The molecule has 0 atom stereocenters. The lowest BCUT2D eigenvalue weighted by atomic mass is 9.93. The summed E-state index contributed by atoms with van der Waals surface area (Å²) in [7, 11) is 0. The van der Waals surface area contributed by atoms with Gasteiger partial charge in [0.15, 0.2) is 0 Å². The fourth-order valence-corrected chi connectivity index (χ4v) is 1.62. The quantitative estimate of drug-likeness (QED) is 0.570. The summed E-state index contributed by atoms with van der Waals surface area (Å²) in [6.45, 7) is 5.12. The molecule has 5 nitrogen and oxygen atoms in total. The second-order valence-corrected chi connectivity index (χ2v) is 4.17. The van der Waals surface area contributed by atoms with Crippen LogP contribution in [0, 0.1) is 0 Å². The monoisotopic (exact) mass is 231 g/mol. The Morgan fingerprint density at radius 3 is 2.62 bits per heavy atom. The van der Waals surface area contributed by atoms with Crippen molar-refractivity contribution in [2.24, 2.45) is 0 Å². The van der Waals surface area contributed by atoms with Gasteiger partial charge in [-0.1, -0.05) is 13.3 Å². The van der Waals surface area contributed by atoms with E-state index < -0.39 is 11.6 Å². The molecule has 0 unspecified atom stereocenters. The van der Waals surface area contributed by atoms with Crippen LogP contribution in [-0.4, -0.2) is 49.6 Å². The number of nitrogens with one attached hydrogen (secondary N) is 1. The number of carbonyl (C=O) groups is 1. The molecular formula is C11H21NO4. The van der Waals surface area contributed by atoms with E-state index in [2.05, 4.69) is 12.2 Å². The van der Waals surface area contributed by atoms with Crippen LogP contribution in [-0.2, 0) is 14.3 Å².